The van der Waals surface area contributed by atoms with Crippen molar-refractivity contribution < 1.29 is 9.53 Å². The molecule has 1 amide bonds. The molecule has 22 heavy (non-hydrogen) atoms. The predicted octanol–water partition coefficient (Wildman–Crippen LogP) is 3.07. The van der Waals surface area contributed by atoms with Crippen LogP contribution in [0.5, 0.6) is 0 Å². The lowest BCUT2D eigenvalue weighted by Crippen LogP contribution is -2.32. The van der Waals surface area contributed by atoms with E-state index in [4.69, 9.17) is 4.74 Å². The molecule has 2 aromatic rings. The molecule has 2 aromatic carbocycles. The van der Waals surface area contributed by atoms with Gasteiger partial charge in [-0.15, -0.1) is 0 Å². The Labute approximate surface area is 131 Å². The molecule has 2 rings (SSSR count). The van der Waals surface area contributed by atoms with Crippen LogP contribution in [0.3, 0.4) is 0 Å². The minimum Gasteiger partial charge on any atom is -0.380 e. The van der Waals surface area contributed by atoms with Crippen molar-refractivity contribution in [3.05, 3.63) is 65.7 Å². The molecule has 0 saturated heterocycles. The molecular weight excluding hydrogens is 276 g/mol. The quantitative estimate of drug-likeness (QED) is 0.891. The minimum absolute atomic E-state index is 0.0502. The van der Waals surface area contributed by atoms with Crippen LogP contribution in [0.1, 0.15) is 17.2 Å². The van der Waals surface area contributed by atoms with E-state index in [0.29, 0.717) is 6.61 Å². The number of rotatable bonds is 6. The van der Waals surface area contributed by atoms with Crippen molar-refractivity contribution in [3.8, 4) is 0 Å². The number of anilines is 1. The maximum Gasteiger partial charge on any atom is 0.246 e. The van der Waals surface area contributed by atoms with Crippen LogP contribution in [0.2, 0.25) is 0 Å². The van der Waals surface area contributed by atoms with Crippen molar-refractivity contribution in [3.63, 3.8) is 0 Å². The number of carbonyl (C=O) groups is 1. The topological polar surface area (TPSA) is 41.6 Å². The van der Waals surface area contributed by atoms with Gasteiger partial charge in [0.15, 0.2) is 0 Å². The van der Waals surface area contributed by atoms with Gasteiger partial charge in [-0.3, -0.25) is 9.69 Å². The van der Waals surface area contributed by atoms with Gasteiger partial charge >= 0.3 is 0 Å². The average Bonchev–Trinajstić information content (AvgIpc) is 2.48. The zero-order valence-corrected chi connectivity index (χ0v) is 13.2. The first-order valence-corrected chi connectivity index (χ1v) is 7.22. The van der Waals surface area contributed by atoms with Crippen molar-refractivity contribution in [1.82, 2.24) is 4.90 Å². The second-order valence-corrected chi connectivity index (χ2v) is 5.40. The van der Waals surface area contributed by atoms with E-state index in [1.807, 2.05) is 73.6 Å². The van der Waals surface area contributed by atoms with Gasteiger partial charge in [0.1, 0.15) is 6.04 Å². The van der Waals surface area contributed by atoms with E-state index in [1.165, 1.54) is 0 Å². The molecule has 0 radical (unpaired) electrons. The van der Waals surface area contributed by atoms with E-state index in [1.54, 1.807) is 7.11 Å². The number of nitrogens with zero attached hydrogens (tertiary/aromatic N) is 1. The van der Waals surface area contributed by atoms with Gasteiger partial charge in [0.2, 0.25) is 5.91 Å². The smallest absolute Gasteiger partial charge is 0.246 e. The lowest BCUT2D eigenvalue weighted by atomic mass is 10.1. The Kier molecular flexibility index (Phi) is 5.69. The predicted molar refractivity (Wildman–Crippen MR) is 88.7 cm³/mol. The number of hydrogen-bond acceptors (Lipinski definition) is 3. The Morgan fingerprint density at radius 2 is 1.86 bits per heavy atom. The van der Waals surface area contributed by atoms with Crippen molar-refractivity contribution in [1.29, 1.82) is 0 Å². The Bertz CT molecular complexity index is 611. The fourth-order valence-corrected chi connectivity index (χ4v) is 2.44. The highest BCUT2D eigenvalue weighted by molar-refractivity contribution is 5.95. The maximum absolute atomic E-state index is 12.6. The third kappa shape index (κ3) is 4.16. The fourth-order valence-electron chi connectivity index (χ4n) is 2.44. The lowest BCUT2D eigenvalue weighted by molar-refractivity contribution is -0.120. The van der Waals surface area contributed by atoms with Gasteiger partial charge in [-0.1, -0.05) is 42.5 Å². The van der Waals surface area contributed by atoms with E-state index in [2.05, 4.69) is 5.32 Å². The van der Waals surface area contributed by atoms with Crippen LogP contribution in [0.25, 0.3) is 0 Å². The average molecular weight is 298 g/mol. The normalized spacial score (nSPS) is 12.2. The molecule has 4 heteroatoms. The van der Waals surface area contributed by atoms with Gasteiger partial charge in [-0.25, -0.2) is 0 Å². The summed E-state index contributed by atoms with van der Waals surface area (Å²) >= 11 is 0. The van der Waals surface area contributed by atoms with Crippen molar-refractivity contribution >= 4 is 11.6 Å². The number of hydrogen-bond donors (Lipinski definition) is 1. The molecule has 0 aliphatic carbocycles. The van der Waals surface area contributed by atoms with Crippen molar-refractivity contribution in [2.24, 2.45) is 0 Å². The summed E-state index contributed by atoms with van der Waals surface area (Å²) < 4.78 is 5.12. The molecule has 116 valence electrons. The molecule has 0 spiro atoms. The molecule has 0 heterocycles. The van der Waals surface area contributed by atoms with Gasteiger partial charge in [-0.05, 0) is 37.4 Å². The molecule has 0 aliphatic rings. The Balaban J connectivity index is 2.17. The molecule has 0 aliphatic heterocycles. The van der Waals surface area contributed by atoms with Crippen LogP contribution >= 0.6 is 0 Å². The van der Waals surface area contributed by atoms with E-state index in [-0.39, 0.29) is 11.9 Å². The number of amides is 1. The molecule has 0 fully saturated rings. The highest BCUT2D eigenvalue weighted by Gasteiger charge is 2.22. The highest BCUT2D eigenvalue weighted by atomic mass is 16.5. The first-order chi connectivity index (χ1) is 10.6. The van der Waals surface area contributed by atoms with Gasteiger partial charge in [0.25, 0.3) is 0 Å². The summed E-state index contributed by atoms with van der Waals surface area (Å²) in [5.41, 5.74) is 2.78. The third-order valence-electron chi connectivity index (χ3n) is 3.39. The fraction of sp³-hybridized carbons (Fsp3) is 0.278. The monoisotopic (exact) mass is 298 g/mol. The van der Waals surface area contributed by atoms with E-state index >= 15 is 0 Å². The summed E-state index contributed by atoms with van der Waals surface area (Å²) in [7, 11) is 5.46. The lowest BCUT2D eigenvalue weighted by Gasteiger charge is -2.24. The van der Waals surface area contributed by atoms with Crippen LogP contribution in [-0.4, -0.2) is 32.0 Å². The molecular formula is C18H22N2O2. The van der Waals surface area contributed by atoms with Gasteiger partial charge < -0.3 is 10.1 Å². The minimum atomic E-state index is -0.327. The Morgan fingerprint density at radius 1 is 1.14 bits per heavy atom. The summed E-state index contributed by atoms with van der Waals surface area (Å²) in [6.45, 7) is 0.527. The number of nitrogens with one attached hydrogen (secondary N) is 1. The molecule has 4 nitrogen and oxygen atoms in total. The maximum atomic E-state index is 12.6. The number of likely N-dealkylation sites (N-methyl/N-ethyl adjacent to an activating group) is 1. The third-order valence-corrected chi connectivity index (χ3v) is 3.39. The summed E-state index contributed by atoms with van der Waals surface area (Å²) in [5.74, 6) is -0.0502. The van der Waals surface area contributed by atoms with Crippen molar-refractivity contribution in [2.75, 3.05) is 26.5 Å². The van der Waals surface area contributed by atoms with Crippen LogP contribution in [0.15, 0.2) is 54.6 Å². The standard InChI is InChI=1S/C18H22N2O2/c1-20(2)17(15-9-5-4-6-10-15)18(21)19-16-11-7-8-14(12-16)13-22-3/h4-12,17H,13H2,1-3H3,(H,19,21). The number of ether oxygens (including phenoxy) is 1. The zero-order valence-electron chi connectivity index (χ0n) is 13.2. The summed E-state index contributed by atoms with van der Waals surface area (Å²) in [6, 6.07) is 17.1. The van der Waals surface area contributed by atoms with Crippen LogP contribution in [0.4, 0.5) is 5.69 Å². The highest BCUT2D eigenvalue weighted by Crippen LogP contribution is 2.21. The largest absolute Gasteiger partial charge is 0.380 e. The Morgan fingerprint density at radius 3 is 2.50 bits per heavy atom. The first kappa shape index (κ1) is 16.2. The molecule has 0 bridgehead atoms. The zero-order chi connectivity index (χ0) is 15.9. The van der Waals surface area contributed by atoms with Gasteiger partial charge in [0, 0.05) is 12.8 Å². The summed E-state index contributed by atoms with van der Waals surface area (Å²) in [4.78, 5) is 14.5. The molecule has 1 N–H and O–H groups in total. The van der Waals surface area contributed by atoms with E-state index < -0.39 is 0 Å². The van der Waals surface area contributed by atoms with E-state index in [0.717, 1.165) is 16.8 Å². The SMILES string of the molecule is COCc1cccc(NC(=O)C(c2ccccc2)N(C)C)c1. The van der Waals surface area contributed by atoms with E-state index in [9.17, 15) is 4.79 Å². The molecule has 0 saturated carbocycles. The molecule has 1 atom stereocenters. The van der Waals surface area contributed by atoms with Crippen LogP contribution in [0, 0.1) is 0 Å². The number of carbonyl (C=O) groups excluding carboxylic acids is 1. The second kappa shape index (κ2) is 7.73. The van der Waals surface area contributed by atoms with Crippen LogP contribution < -0.4 is 5.32 Å². The molecule has 1 unspecified atom stereocenters. The van der Waals surface area contributed by atoms with Crippen molar-refractivity contribution in [2.45, 2.75) is 12.6 Å². The van der Waals surface area contributed by atoms with Gasteiger partial charge in [-0.2, -0.15) is 0 Å². The van der Waals surface area contributed by atoms with Crippen LogP contribution in [-0.2, 0) is 16.1 Å². The summed E-state index contributed by atoms with van der Waals surface area (Å²) in [6.07, 6.45) is 0. The number of methoxy groups -OCH3 is 1. The Hall–Kier alpha value is -2.17. The molecule has 0 aromatic heterocycles. The summed E-state index contributed by atoms with van der Waals surface area (Å²) in [5, 5.41) is 2.98. The second-order valence-electron chi connectivity index (χ2n) is 5.40. The number of benzene rings is 2. The first-order valence-electron chi connectivity index (χ1n) is 7.22. The van der Waals surface area contributed by atoms with Gasteiger partial charge in [0.05, 0.1) is 6.61 Å².